The molecule has 146 valence electrons. The number of carbonyl (C=O) groups is 1. The van der Waals surface area contributed by atoms with Crippen LogP contribution < -0.4 is 15.4 Å². The van der Waals surface area contributed by atoms with Gasteiger partial charge >= 0.3 is 0 Å². The number of aromatic nitrogens is 4. The quantitative estimate of drug-likeness (QED) is 0.638. The molecule has 10 heteroatoms. The van der Waals surface area contributed by atoms with Crippen molar-refractivity contribution >= 4 is 23.2 Å². The summed E-state index contributed by atoms with van der Waals surface area (Å²) in [5.74, 6) is 0.649. The normalized spacial score (nSPS) is 12.6. The zero-order valence-electron chi connectivity index (χ0n) is 15.2. The van der Waals surface area contributed by atoms with Crippen molar-refractivity contribution in [2.45, 2.75) is 19.4 Å². The summed E-state index contributed by atoms with van der Waals surface area (Å²) in [7, 11) is 1.53. The number of hydrogen-bond acceptors (Lipinski definition) is 7. The smallest absolute Gasteiger partial charge is 0.226 e. The molecule has 1 aliphatic rings. The monoisotopic (exact) mass is 386 g/mol. The molecule has 1 aromatic carbocycles. The molecule has 2 aromatic heterocycles. The van der Waals surface area contributed by atoms with Crippen molar-refractivity contribution in [3.8, 4) is 5.75 Å². The van der Waals surface area contributed by atoms with Crippen molar-refractivity contribution in [1.82, 2.24) is 19.6 Å². The summed E-state index contributed by atoms with van der Waals surface area (Å²) in [4.78, 5) is 16.3. The lowest BCUT2D eigenvalue weighted by molar-refractivity contribution is -0.117. The summed E-state index contributed by atoms with van der Waals surface area (Å²) in [5, 5.41) is 13.8. The fourth-order valence-electron chi connectivity index (χ4n) is 3.12. The molecule has 28 heavy (non-hydrogen) atoms. The van der Waals surface area contributed by atoms with Gasteiger partial charge in [0.25, 0.3) is 0 Å². The summed E-state index contributed by atoms with van der Waals surface area (Å²) in [6, 6.07) is 3.06. The average molecular weight is 386 g/mol. The van der Waals surface area contributed by atoms with Gasteiger partial charge in [0.05, 0.1) is 25.8 Å². The standard InChI is InChI=1S/C18H19FN6O3/c1-27-6-5-16(26)23-14-9-21-18(25-10-22-24-17(14)25)20-8-12-11-4-7-28-15(11)3-2-13(12)19/h2-3,9-10H,4-8H2,1H3,(H,20,21)(H,23,26). The number of nitrogens with zero attached hydrogens (tertiary/aromatic N) is 4. The van der Waals surface area contributed by atoms with Crippen LogP contribution in [-0.2, 0) is 22.5 Å². The Balaban J connectivity index is 1.55. The minimum atomic E-state index is -0.293. The van der Waals surface area contributed by atoms with Gasteiger partial charge < -0.3 is 20.1 Å². The molecule has 4 rings (SSSR count). The molecule has 1 amide bonds. The second-order valence-electron chi connectivity index (χ2n) is 6.27. The number of fused-ring (bicyclic) bond motifs is 2. The van der Waals surface area contributed by atoms with Crippen molar-refractivity contribution in [3.05, 3.63) is 41.6 Å². The summed E-state index contributed by atoms with van der Waals surface area (Å²) < 4.78 is 26.3. The highest BCUT2D eigenvalue weighted by atomic mass is 19.1. The number of methoxy groups -OCH3 is 1. The van der Waals surface area contributed by atoms with E-state index in [9.17, 15) is 9.18 Å². The Morgan fingerprint density at radius 3 is 3.18 bits per heavy atom. The second-order valence-corrected chi connectivity index (χ2v) is 6.27. The number of carbonyl (C=O) groups excluding carboxylic acids is 1. The molecule has 0 saturated heterocycles. The van der Waals surface area contributed by atoms with Crippen LogP contribution in [0.1, 0.15) is 17.5 Å². The minimum Gasteiger partial charge on any atom is -0.493 e. The molecule has 0 radical (unpaired) electrons. The topological polar surface area (TPSA) is 103 Å². The fraction of sp³-hybridized carbons (Fsp3) is 0.333. The highest BCUT2D eigenvalue weighted by Gasteiger charge is 2.20. The van der Waals surface area contributed by atoms with E-state index in [2.05, 4.69) is 25.8 Å². The number of anilines is 2. The molecular formula is C18H19FN6O3. The highest BCUT2D eigenvalue weighted by molar-refractivity contribution is 5.94. The number of hydrogen-bond donors (Lipinski definition) is 2. The Morgan fingerprint density at radius 1 is 1.43 bits per heavy atom. The van der Waals surface area contributed by atoms with Gasteiger partial charge in [-0.05, 0) is 12.1 Å². The Labute approximate surface area is 159 Å². The van der Waals surface area contributed by atoms with E-state index in [0.29, 0.717) is 42.5 Å². The first-order valence-electron chi connectivity index (χ1n) is 8.82. The van der Waals surface area contributed by atoms with Gasteiger partial charge in [-0.1, -0.05) is 0 Å². The van der Waals surface area contributed by atoms with E-state index >= 15 is 0 Å². The molecule has 3 aromatic rings. The zero-order valence-corrected chi connectivity index (χ0v) is 15.2. The first-order chi connectivity index (χ1) is 13.7. The van der Waals surface area contributed by atoms with Gasteiger partial charge in [-0.2, -0.15) is 0 Å². The van der Waals surface area contributed by atoms with E-state index in [0.717, 1.165) is 11.3 Å². The number of halogens is 1. The van der Waals surface area contributed by atoms with Crippen LogP contribution in [0.15, 0.2) is 24.7 Å². The second kappa shape index (κ2) is 7.77. The van der Waals surface area contributed by atoms with Crippen LogP contribution in [0.4, 0.5) is 16.0 Å². The summed E-state index contributed by atoms with van der Waals surface area (Å²) in [5.41, 5.74) is 2.29. The molecule has 0 bridgehead atoms. The lowest BCUT2D eigenvalue weighted by Crippen LogP contribution is -2.16. The maximum atomic E-state index is 14.3. The lowest BCUT2D eigenvalue weighted by Gasteiger charge is -2.12. The maximum Gasteiger partial charge on any atom is 0.226 e. The molecule has 0 spiro atoms. The molecule has 0 aliphatic carbocycles. The Hall–Kier alpha value is -3.27. The SMILES string of the molecule is COCCC(=O)Nc1cnc(NCc2c(F)ccc3c2CCO3)n2cnnc12. The van der Waals surface area contributed by atoms with Crippen LogP contribution in [0.2, 0.25) is 0 Å². The molecule has 0 atom stereocenters. The number of ether oxygens (including phenoxy) is 2. The first kappa shape index (κ1) is 18.1. The Kier molecular flexibility index (Phi) is 5.02. The third-order valence-electron chi connectivity index (χ3n) is 4.50. The van der Waals surface area contributed by atoms with E-state index in [1.165, 1.54) is 25.7 Å². The molecule has 0 fully saturated rings. The van der Waals surface area contributed by atoms with Gasteiger partial charge in [0.15, 0.2) is 5.65 Å². The van der Waals surface area contributed by atoms with E-state index in [4.69, 9.17) is 9.47 Å². The molecule has 0 unspecified atom stereocenters. The largest absolute Gasteiger partial charge is 0.493 e. The van der Waals surface area contributed by atoms with Crippen molar-refractivity contribution < 1.29 is 18.7 Å². The molecule has 3 heterocycles. The van der Waals surface area contributed by atoms with Crippen LogP contribution in [-0.4, -0.2) is 45.8 Å². The van der Waals surface area contributed by atoms with Crippen molar-refractivity contribution in [1.29, 1.82) is 0 Å². The molecule has 0 saturated carbocycles. The van der Waals surface area contributed by atoms with E-state index < -0.39 is 0 Å². The summed E-state index contributed by atoms with van der Waals surface area (Å²) in [6.45, 7) is 1.11. The highest BCUT2D eigenvalue weighted by Crippen LogP contribution is 2.30. The number of amides is 1. The first-order valence-corrected chi connectivity index (χ1v) is 8.82. The predicted octanol–water partition coefficient (Wildman–Crippen LogP) is 1.79. The molecular weight excluding hydrogens is 367 g/mol. The van der Waals surface area contributed by atoms with Crippen LogP contribution >= 0.6 is 0 Å². The van der Waals surface area contributed by atoms with Crippen LogP contribution in [0.5, 0.6) is 5.75 Å². The lowest BCUT2D eigenvalue weighted by atomic mass is 10.0. The average Bonchev–Trinajstić information content (AvgIpc) is 3.36. The van der Waals surface area contributed by atoms with Gasteiger partial charge in [-0.15, -0.1) is 10.2 Å². The minimum absolute atomic E-state index is 0.212. The van der Waals surface area contributed by atoms with Gasteiger partial charge in [0.2, 0.25) is 11.9 Å². The zero-order chi connectivity index (χ0) is 19.5. The molecule has 9 nitrogen and oxygen atoms in total. The van der Waals surface area contributed by atoms with Gasteiger partial charge in [0, 0.05) is 31.2 Å². The summed E-state index contributed by atoms with van der Waals surface area (Å²) in [6.07, 6.45) is 3.86. The van der Waals surface area contributed by atoms with Crippen LogP contribution in [0, 0.1) is 5.82 Å². The van der Waals surface area contributed by atoms with E-state index in [-0.39, 0.29) is 24.7 Å². The molecule has 1 aliphatic heterocycles. The maximum absolute atomic E-state index is 14.3. The number of nitrogens with one attached hydrogen (secondary N) is 2. The van der Waals surface area contributed by atoms with Gasteiger partial charge in [-0.3, -0.25) is 4.79 Å². The number of benzene rings is 1. The predicted molar refractivity (Wildman–Crippen MR) is 98.8 cm³/mol. The Morgan fingerprint density at radius 2 is 2.32 bits per heavy atom. The van der Waals surface area contributed by atoms with Crippen LogP contribution in [0.3, 0.4) is 0 Å². The third kappa shape index (κ3) is 3.46. The van der Waals surface area contributed by atoms with E-state index in [1.807, 2.05) is 0 Å². The van der Waals surface area contributed by atoms with Crippen molar-refractivity contribution in [2.24, 2.45) is 0 Å². The summed E-state index contributed by atoms with van der Waals surface area (Å²) >= 11 is 0. The fourth-order valence-corrected chi connectivity index (χ4v) is 3.12. The Bertz CT molecular complexity index is 1020. The van der Waals surface area contributed by atoms with Crippen molar-refractivity contribution in [3.63, 3.8) is 0 Å². The van der Waals surface area contributed by atoms with Gasteiger partial charge in [-0.25, -0.2) is 13.8 Å². The van der Waals surface area contributed by atoms with E-state index in [1.54, 1.807) is 10.5 Å². The number of rotatable bonds is 7. The van der Waals surface area contributed by atoms with Gasteiger partial charge in [0.1, 0.15) is 23.6 Å². The van der Waals surface area contributed by atoms with Crippen molar-refractivity contribution in [2.75, 3.05) is 31.0 Å². The van der Waals surface area contributed by atoms with Crippen LogP contribution in [0.25, 0.3) is 5.65 Å². The molecule has 2 N–H and O–H groups in total. The third-order valence-corrected chi connectivity index (χ3v) is 4.50.